The van der Waals surface area contributed by atoms with Gasteiger partial charge in [0.05, 0.1) is 24.2 Å². The lowest BCUT2D eigenvalue weighted by atomic mass is 9.90. The second-order valence-electron chi connectivity index (χ2n) is 28.1. The topological polar surface area (TPSA) is 255 Å². The van der Waals surface area contributed by atoms with E-state index < -0.39 is 0 Å². The third kappa shape index (κ3) is 29.8. The number of hydrogen-bond donors (Lipinski definition) is 0. The molecule has 2 unspecified atom stereocenters. The largest absolute Gasteiger partial charge is 0.373 e. The smallest absolute Gasteiger partial charge is 0.361 e. The third-order valence-corrected chi connectivity index (χ3v) is 22.5. The number of morpholine rings is 4. The van der Waals surface area contributed by atoms with Crippen molar-refractivity contribution in [3.63, 3.8) is 0 Å². The Hall–Kier alpha value is -8.68. The van der Waals surface area contributed by atoms with Crippen LogP contribution in [0.2, 0.25) is 40.2 Å². The first-order valence-electron chi connectivity index (χ1n) is 39.6. The molecule has 4 aliphatic rings. The van der Waals surface area contributed by atoms with Gasteiger partial charge in [0.2, 0.25) is 23.6 Å². The van der Waals surface area contributed by atoms with Crippen molar-refractivity contribution >= 4 is 141 Å². The first kappa shape index (κ1) is 102. The second-order valence-corrected chi connectivity index (χ2v) is 31.6. The average Bonchev–Trinajstić information content (AvgIpc) is 0.788. The Kier molecular flexibility index (Phi) is 46.4. The van der Waals surface area contributed by atoms with E-state index >= 15 is 0 Å². The van der Waals surface area contributed by atoms with Crippen LogP contribution >= 0.6 is 92.8 Å². The van der Waals surface area contributed by atoms with Crippen LogP contribution in [0.4, 0.5) is 0 Å². The Balaban J connectivity index is 0.000000272. The summed E-state index contributed by atoms with van der Waals surface area (Å²) in [6.07, 6.45) is 11.5. The highest BCUT2D eigenvalue weighted by atomic mass is 35.5. The molecular formula is C92H100Cl8N4O16. The van der Waals surface area contributed by atoms with Gasteiger partial charge in [0, 0.05) is 64.3 Å². The fourth-order valence-electron chi connectivity index (χ4n) is 15.6. The molecule has 4 aliphatic heterocycles. The Morgan fingerprint density at radius 1 is 0.267 bits per heavy atom. The van der Waals surface area contributed by atoms with E-state index in [2.05, 4.69) is 55.4 Å². The van der Waals surface area contributed by atoms with E-state index in [0.717, 1.165) is 122 Å². The predicted octanol–water partition coefficient (Wildman–Crippen LogP) is 22.5. The van der Waals surface area contributed by atoms with Crippen molar-refractivity contribution in [1.82, 2.24) is 19.6 Å². The molecule has 4 fully saturated rings. The van der Waals surface area contributed by atoms with E-state index in [9.17, 15) is 19.2 Å². The third-order valence-electron chi connectivity index (χ3n) is 20.5. The molecule has 120 heavy (non-hydrogen) atoms. The minimum atomic E-state index is -0.270. The van der Waals surface area contributed by atoms with E-state index in [1.54, 1.807) is 0 Å². The molecule has 0 spiro atoms. The fourth-order valence-corrected chi connectivity index (χ4v) is 16.9. The van der Waals surface area contributed by atoms with E-state index in [-0.39, 0.29) is 147 Å². The normalized spacial score (nSPS) is 19.5. The van der Waals surface area contributed by atoms with E-state index in [4.69, 9.17) is 150 Å². The summed E-state index contributed by atoms with van der Waals surface area (Å²) in [7, 11) is 0. The number of benzene rings is 8. The summed E-state index contributed by atoms with van der Waals surface area (Å²) in [6.45, 7) is 17.5. The average molecular weight is 1800 g/mol. The molecule has 4 saturated heterocycles. The highest BCUT2D eigenvalue weighted by molar-refractivity contribution is 6.32. The van der Waals surface area contributed by atoms with Gasteiger partial charge in [0.1, 0.15) is 50.8 Å². The zero-order valence-corrected chi connectivity index (χ0v) is 74.1. The van der Waals surface area contributed by atoms with Gasteiger partial charge in [0.15, 0.2) is 0 Å². The van der Waals surface area contributed by atoms with Crippen LogP contribution in [0.15, 0.2) is 194 Å². The number of carbonyl (C=O) groups excluding carboxylic acids is 12. The molecule has 0 aliphatic carbocycles. The first-order valence-corrected chi connectivity index (χ1v) is 42.6. The minimum absolute atomic E-state index is 0.0357. The maximum absolute atomic E-state index is 12.9. The van der Waals surface area contributed by atoms with Crippen LogP contribution in [0.25, 0.3) is 0 Å². The van der Waals surface area contributed by atoms with Gasteiger partial charge in [-0.15, -0.1) is 0 Å². The standard InChI is InChI=1S/4C22H25Cl2NO2.4CO2/c4*1-3-6-19(4-2)25-20(26)14-27-22(16-7-5-8-18(24)13-16)21(25)15-9-11-17(23)12-10-15;4*2-1-3/h4*5,7-13,19,21-22H,3-4,6,14H2,1-2H3;;;;/t2*19?,21-,22+;19-,21+,22-;19-,21-,22+;;;;/m1000..../s1. The monoisotopic (exact) mass is 1800 g/mol. The summed E-state index contributed by atoms with van der Waals surface area (Å²) in [5.41, 5.74) is 7.99. The van der Waals surface area contributed by atoms with Crippen LogP contribution in [0.3, 0.4) is 0 Å². The number of amides is 4. The van der Waals surface area contributed by atoms with Crippen LogP contribution < -0.4 is 0 Å². The zero-order chi connectivity index (χ0) is 88.4. The lowest BCUT2D eigenvalue weighted by molar-refractivity contribution is -0.193. The first-order chi connectivity index (χ1) is 57.8. The quantitative estimate of drug-likeness (QED) is 0.0545. The molecule has 8 aromatic rings. The molecule has 28 heteroatoms. The summed E-state index contributed by atoms with van der Waals surface area (Å²) in [5, 5.41) is 5.35. The van der Waals surface area contributed by atoms with Gasteiger partial charge in [-0.05, 0) is 193 Å². The van der Waals surface area contributed by atoms with Crippen LogP contribution in [0.5, 0.6) is 0 Å². The molecule has 0 aromatic heterocycles. The van der Waals surface area contributed by atoms with Crippen molar-refractivity contribution in [2.24, 2.45) is 0 Å². The number of hydrogen-bond acceptors (Lipinski definition) is 16. The Bertz CT molecular complexity index is 4040. The second kappa shape index (κ2) is 54.7. The maximum atomic E-state index is 12.9. The van der Waals surface area contributed by atoms with Crippen LogP contribution in [0, 0.1) is 0 Å². The van der Waals surface area contributed by atoms with Crippen LogP contribution in [-0.4, -0.2) is 118 Å². The lowest BCUT2D eigenvalue weighted by Crippen LogP contribution is -2.50. The van der Waals surface area contributed by atoms with Gasteiger partial charge in [-0.25, -0.2) is 0 Å². The Morgan fingerprint density at radius 2 is 0.433 bits per heavy atom. The minimum Gasteiger partial charge on any atom is -0.361 e. The molecule has 20 nitrogen and oxygen atoms in total. The molecule has 0 radical (unpaired) electrons. The van der Waals surface area contributed by atoms with Crippen molar-refractivity contribution in [1.29, 1.82) is 0 Å². The highest BCUT2D eigenvalue weighted by Crippen LogP contribution is 2.48. The van der Waals surface area contributed by atoms with E-state index in [0.29, 0.717) is 40.2 Å². The summed E-state index contributed by atoms with van der Waals surface area (Å²) in [4.78, 5) is 125. The molecule has 4 heterocycles. The fraction of sp³-hybridized carbons (Fsp3) is 0.391. The van der Waals surface area contributed by atoms with Gasteiger partial charge in [-0.3, -0.25) is 19.2 Å². The zero-order valence-electron chi connectivity index (χ0n) is 68.1. The van der Waals surface area contributed by atoms with E-state index in [1.165, 1.54) is 0 Å². The summed E-state index contributed by atoms with van der Waals surface area (Å²) in [5.74, 6) is 0.143. The van der Waals surface area contributed by atoms with Gasteiger partial charge >= 0.3 is 24.6 Å². The number of carbonyl (C=O) groups is 4. The molecular weight excluding hydrogens is 1700 g/mol. The van der Waals surface area contributed by atoms with Gasteiger partial charge in [-0.1, -0.05) is 271 Å². The predicted molar refractivity (Wildman–Crippen MR) is 461 cm³/mol. The molecule has 0 bridgehead atoms. The van der Waals surface area contributed by atoms with Crippen LogP contribution in [0.1, 0.15) is 226 Å². The number of halogens is 8. The van der Waals surface area contributed by atoms with Gasteiger partial charge < -0.3 is 38.5 Å². The Labute approximate surface area is 742 Å². The Morgan fingerprint density at radius 3 is 0.575 bits per heavy atom. The van der Waals surface area contributed by atoms with Crippen molar-refractivity contribution in [2.45, 2.75) is 205 Å². The van der Waals surface area contributed by atoms with E-state index in [1.807, 2.05) is 214 Å². The van der Waals surface area contributed by atoms with Crippen molar-refractivity contribution in [3.05, 3.63) is 279 Å². The SMILES string of the molecule is CCCC(CC)N1C(=O)CO[C@@H](c2cccc(Cl)c2)[C@H]1c1ccc(Cl)cc1.CCCC(CC)N1C(=O)CO[C@H](c2cccc(Cl)c2)[C@@H]1c1ccc(Cl)cc1.CCC[C@H](CC)N1C(=O)CO[C@@H](c2cccc(Cl)c2)[C@H]1c1ccc(Cl)cc1.CCC[C@H](CC)N1C(=O)CO[C@H](c2cccc(Cl)c2)[C@@H]1c1ccc(Cl)cc1.O=C=O.O=C=O.O=C=O.O=C=O. The van der Waals surface area contributed by atoms with Crippen molar-refractivity contribution < 1.29 is 76.5 Å². The number of ether oxygens (including phenoxy) is 4. The number of nitrogens with zero attached hydrogens (tertiary/aromatic N) is 4. The van der Waals surface area contributed by atoms with Gasteiger partial charge in [-0.2, -0.15) is 38.4 Å². The number of rotatable bonds is 24. The highest BCUT2D eigenvalue weighted by Gasteiger charge is 2.46. The molecule has 12 atom stereocenters. The molecule has 8 aromatic carbocycles. The van der Waals surface area contributed by atoms with Crippen LogP contribution in [-0.2, 0) is 76.5 Å². The molecule has 640 valence electrons. The molecule has 0 saturated carbocycles. The summed E-state index contributed by atoms with van der Waals surface area (Å²) in [6, 6.07) is 61.4. The molecule has 4 amide bonds. The van der Waals surface area contributed by atoms with Crippen molar-refractivity contribution in [2.75, 3.05) is 26.4 Å². The summed E-state index contributed by atoms with van der Waals surface area (Å²) < 4.78 is 24.2. The summed E-state index contributed by atoms with van der Waals surface area (Å²) >= 11 is 49.3. The maximum Gasteiger partial charge on any atom is 0.373 e. The van der Waals surface area contributed by atoms with Gasteiger partial charge in [0.25, 0.3) is 0 Å². The molecule has 12 rings (SSSR count). The lowest BCUT2D eigenvalue weighted by Gasteiger charge is -2.45. The molecule has 0 N–H and O–H groups in total. The van der Waals surface area contributed by atoms with Crippen molar-refractivity contribution in [3.8, 4) is 0 Å².